The predicted molar refractivity (Wildman–Crippen MR) is 115 cm³/mol. The highest BCUT2D eigenvalue weighted by atomic mass is 79.9. The molecule has 1 spiro atoms. The predicted octanol–water partition coefficient (Wildman–Crippen LogP) is 6.28. The van der Waals surface area contributed by atoms with Crippen molar-refractivity contribution >= 4 is 37.6 Å². The molecule has 5 aliphatic rings. The molecule has 5 rings (SSSR count). The molecule has 2 nitrogen and oxygen atoms in total. The fourth-order valence-electron chi connectivity index (χ4n) is 8.84. The minimum atomic E-state index is 0.0403. The molecule has 3 aliphatic carbocycles. The van der Waals surface area contributed by atoms with Gasteiger partial charge in [-0.15, -0.1) is 0 Å². The summed E-state index contributed by atoms with van der Waals surface area (Å²) < 4.78 is 6.95. The van der Waals surface area contributed by atoms with Gasteiger partial charge in [0.2, 0.25) is 0 Å². The minimum absolute atomic E-state index is 0.0403. The van der Waals surface area contributed by atoms with Crippen molar-refractivity contribution in [3.8, 4) is 0 Å². The first-order chi connectivity index (χ1) is 12.7. The van der Waals surface area contributed by atoms with E-state index in [1.165, 1.54) is 51.4 Å². The van der Waals surface area contributed by atoms with Crippen LogP contribution in [0.5, 0.6) is 0 Å². The lowest BCUT2D eigenvalue weighted by Gasteiger charge is -2.66. The van der Waals surface area contributed by atoms with Crippen LogP contribution >= 0.6 is 31.9 Å². The van der Waals surface area contributed by atoms with Gasteiger partial charge in [-0.05, 0) is 87.9 Å². The van der Waals surface area contributed by atoms with Crippen LogP contribution in [0.15, 0.2) is 0 Å². The normalized spacial score (nSPS) is 59.1. The van der Waals surface area contributed by atoms with E-state index in [4.69, 9.17) is 4.74 Å². The molecule has 2 bridgehead atoms. The van der Waals surface area contributed by atoms with Crippen LogP contribution in [0.2, 0.25) is 0 Å². The van der Waals surface area contributed by atoms with Crippen LogP contribution in [-0.2, 0) is 9.53 Å². The van der Waals surface area contributed by atoms with Gasteiger partial charge < -0.3 is 4.74 Å². The molecule has 4 heteroatoms. The lowest BCUT2D eigenvalue weighted by molar-refractivity contribution is -0.250. The smallest absolute Gasteiger partial charge is 0.147 e. The first-order valence-electron chi connectivity index (χ1n) is 11.1. The van der Waals surface area contributed by atoms with E-state index in [0.717, 1.165) is 18.3 Å². The zero-order chi connectivity index (χ0) is 19.2. The number of hydrogen-bond acceptors (Lipinski definition) is 2. The second-order valence-corrected chi connectivity index (χ2v) is 12.9. The summed E-state index contributed by atoms with van der Waals surface area (Å²) in [5.74, 6) is 2.96. The Kier molecular flexibility index (Phi) is 4.39. The van der Waals surface area contributed by atoms with E-state index in [1.54, 1.807) is 0 Å². The van der Waals surface area contributed by atoms with E-state index in [2.05, 4.69) is 52.6 Å². The number of carbonyl (C=O) groups is 1. The van der Waals surface area contributed by atoms with E-state index in [1.807, 2.05) is 0 Å². The van der Waals surface area contributed by atoms with Crippen molar-refractivity contribution in [3.63, 3.8) is 0 Å². The second kappa shape index (κ2) is 6.06. The number of alkyl halides is 2. The van der Waals surface area contributed by atoms with Crippen molar-refractivity contribution < 1.29 is 9.53 Å². The highest BCUT2D eigenvalue weighted by molar-refractivity contribution is 9.09. The number of ether oxygens (including phenoxy) is 1. The van der Waals surface area contributed by atoms with Crippen LogP contribution in [0.4, 0.5) is 0 Å². The molecule has 152 valence electrons. The fourth-order valence-corrected chi connectivity index (χ4v) is 10.5. The Hall–Kier alpha value is 0.590. The van der Waals surface area contributed by atoms with Crippen molar-refractivity contribution in [2.24, 2.45) is 34.5 Å². The Morgan fingerprint density at radius 3 is 2.48 bits per heavy atom. The Bertz CT molecular complexity index is 667. The summed E-state index contributed by atoms with van der Waals surface area (Å²) in [6.07, 6.45) is 11.1. The third kappa shape index (κ3) is 2.36. The Morgan fingerprint density at radius 1 is 1.00 bits per heavy atom. The topological polar surface area (TPSA) is 26.3 Å². The second-order valence-electron chi connectivity index (χ2n) is 11.2. The van der Waals surface area contributed by atoms with Crippen molar-refractivity contribution in [1.82, 2.24) is 0 Å². The molecule has 3 saturated carbocycles. The van der Waals surface area contributed by atoms with Crippen molar-refractivity contribution in [3.05, 3.63) is 0 Å². The van der Waals surface area contributed by atoms with Gasteiger partial charge in [0.1, 0.15) is 5.78 Å². The Balaban J connectivity index is 1.50. The van der Waals surface area contributed by atoms with E-state index in [0.29, 0.717) is 27.3 Å². The van der Waals surface area contributed by atoms with Crippen LogP contribution in [0.25, 0.3) is 0 Å². The van der Waals surface area contributed by atoms with Crippen LogP contribution in [0.1, 0.15) is 78.6 Å². The molecular weight excluding hydrogens is 468 g/mol. The first kappa shape index (κ1) is 19.5. The van der Waals surface area contributed by atoms with Crippen LogP contribution in [-0.4, -0.2) is 27.1 Å². The van der Waals surface area contributed by atoms with Gasteiger partial charge >= 0.3 is 0 Å². The van der Waals surface area contributed by atoms with Gasteiger partial charge in [0.05, 0.1) is 16.5 Å². The Morgan fingerprint density at radius 2 is 1.74 bits per heavy atom. The van der Waals surface area contributed by atoms with Crippen LogP contribution in [0.3, 0.4) is 0 Å². The molecule has 27 heavy (non-hydrogen) atoms. The number of carbonyl (C=O) groups excluding carboxylic acids is 1. The number of fused-ring (bicyclic) bond motifs is 5. The van der Waals surface area contributed by atoms with Crippen molar-refractivity contribution in [2.75, 3.05) is 5.33 Å². The summed E-state index contributed by atoms with van der Waals surface area (Å²) in [6.45, 7) is 7.37. The third-order valence-electron chi connectivity index (χ3n) is 10.4. The monoisotopic (exact) mass is 500 g/mol. The van der Waals surface area contributed by atoms with Gasteiger partial charge in [0.25, 0.3) is 0 Å². The summed E-state index contributed by atoms with van der Waals surface area (Å²) in [7, 11) is 0. The summed E-state index contributed by atoms with van der Waals surface area (Å²) in [4.78, 5) is 13.1. The maximum Gasteiger partial charge on any atom is 0.147 e. The Labute approximate surface area is 181 Å². The summed E-state index contributed by atoms with van der Waals surface area (Å²) in [6, 6.07) is 0. The highest BCUT2D eigenvalue weighted by Gasteiger charge is 2.71. The van der Waals surface area contributed by atoms with E-state index < -0.39 is 0 Å². The number of ketones is 1. The van der Waals surface area contributed by atoms with Crippen LogP contribution < -0.4 is 0 Å². The van der Waals surface area contributed by atoms with Gasteiger partial charge in [-0.25, -0.2) is 0 Å². The number of Topliss-reactive ketones (excluding diaryl/α,β-unsaturated/α-hetero) is 1. The average Bonchev–Trinajstić information content (AvgIpc) is 3.14. The molecule has 0 aromatic carbocycles. The molecule has 2 aliphatic heterocycles. The van der Waals surface area contributed by atoms with Gasteiger partial charge in [-0.2, -0.15) is 0 Å². The third-order valence-corrected chi connectivity index (χ3v) is 12.0. The molecule has 0 N–H and O–H groups in total. The summed E-state index contributed by atoms with van der Waals surface area (Å²) in [5, 5.41) is 0.530. The zero-order valence-corrected chi connectivity index (χ0v) is 20.2. The largest absolute Gasteiger partial charge is 0.367 e. The number of rotatable bonds is 2. The van der Waals surface area contributed by atoms with Gasteiger partial charge in [0.15, 0.2) is 0 Å². The molecule has 1 unspecified atom stereocenters. The number of halogens is 2. The highest BCUT2D eigenvalue weighted by Crippen LogP contribution is 2.72. The van der Waals surface area contributed by atoms with Gasteiger partial charge in [-0.1, -0.05) is 45.7 Å². The SMILES string of the molecule is CC12CC[C@]3(O1)[C@H](Br)C[C@H]1[C@@H]4CC[C@H](C(=O)CBr)[C@@]4(C)CC[C@@H]1[C@@]3(C)CC2. The minimum Gasteiger partial charge on any atom is -0.367 e. The van der Waals surface area contributed by atoms with Gasteiger partial charge in [-0.3, -0.25) is 4.79 Å². The lowest BCUT2D eigenvalue weighted by atomic mass is 9.44. The van der Waals surface area contributed by atoms with E-state index >= 15 is 0 Å². The maximum absolute atomic E-state index is 12.7. The fraction of sp³-hybridized carbons (Fsp3) is 0.957. The van der Waals surface area contributed by atoms with Crippen LogP contribution in [0, 0.1) is 34.5 Å². The molecule has 0 radical (unpaired) electrons. The maximum atomic E-state index is 12.7. The molecule has 2 saturated heterocycles. The molecule has 9 atom stereocenters. The summed E-state index contributed by atoms with van der Waals surface area (Å²) >= 11 is 7.62. The zero-order valence-electron chi connectivity index (χ0n) is 17.0. The van der Waals surface area contributed by atoms with Crippen molar-refractivity contribution in [2.45, 2.75) is 94.6 Å². The molecule has 0 amide bonds. The van der Waals surface area contributed by atoms with E-state index in [-0.39, 0.29) is 22.5 Å². The number of hydrogen-bond donors (Lipinski definition) is 0. The molecule has 5 fully saturated rings. The quantitative estimate of drug-likeness (QED) is 0.416. The summed E-state index contributed by atoms with van der Waals surface area (Å²) in [5.41, 5.74) is 0.666. The molecular formula is C23H34Br2O2. The molecule has 0 aromatic heterocycles. The standard InChI is InChI=1S/C23H34Br2O2/c1-20-8-10-22(3)16-6-7-21(2)15(4-5-17(21)18(26)13-24)14(16)12-19(25)23(22,27-20)11-9-20/h14-17,19H,4-13H2,1-3H3/t14-,15-,16-,17+,19+,20?,21-,22+,23-/m0/s1. The molecule has 0 aromatic rings. The van der Waals surface area contributed by atoms with E-state index in [9.17, 15) is 4.79 Å². The van der Waals surface area contributed by atoms with Gasteiger partial charge in [0, 0.05) is 16.2 Å². The lowest BCUT2D eigenvalue weighted by Crippen LogP contribution is -2.66. The average molecular weight is 502 g/mol. The van der Waals surface area contributed by atoms with Crippen molar-refractivity contribution in [1.29, 1.82) is 0 Å². The first-order valence-corrected chi connectivity index (χ1v) is 13.2. The molecule has 2 heterocycles.